The topological polar surface area (TPSA) is 17.1 Å². The van der Waals surface area contributed by atoms with E-state index in [9.17, 15) is 4.79 Å². The van der Waals surface area contributed by atoms with Gasteiger partial charge in [0.1, 0.15) is 6.29 Å². The Morgan fingerprint density at radius 2 is 1.37 bits per heavy atom. The molecule has 1 aliphatic carbocycles. The lowest BCUT2D eigenvalue weighted by Gasteiger charge is -2.22. The van der Waals surface area contributed by atoms with E-state index in [0.29, 0.717) is 0 Å². The molecule has 1 heteroatoms. The van der Waals surface area contributed by atoms with Gasteiger partial charge in [0, 0.05) is 0 Å². The molecular weight excluding hydrogens is 232 g/mol. The normalized spacial score (nSPS) is 16.4. The molecule has 1 aliphatic rings. The average molecular weight is 248 g/mol. The Kier molecular flexibility index (Phi) is 3.04. The van der Waals surface area contributed by atoms with Crippen LogP contribution in [-0.2, 0) is 10.2 Å². The van der Waals surface area contributed by atoms with E-state index in [2.05, 4.69) is 48.6 Å². The summed E-state index contributed by atoms with van der Waals surface area (Å²) in [5.41, 5.74) is 3.19. The van der Waals surface area contributed by atoms with E-state index < -0.39 is 0 Å². The van der Waals surface area contributed by atoms with Crippen molar-refractivity contribution in [2.45, 2.75) is 18.3 Å². The van der Waals surface area contributed by atoms with Crippen molar-refractivity contribution >= 4 is 6.29 Å². The monoisotopic (exact) mass is 248 g/mol. The fraction of sp³-hybridized carbons (Fsp3) is 0.167. The minimum absolute atomic E-state index is 0.324. The van der Waals surface area contributed by atoms with Crippen LogP contribution in [0.3, 0.4) is 0 Å². The summed E-state index contributed by atoms with van der Waals surface area (Å²) in [5.74, 6) is 0. The van der Waals surface area contributed by atoms with E-state index >= 15 is 0 Å². The van der Waals surface area contributed by atoms with E-state index in [0.717, 1.165) is 24.7 Å². The van der Waals surface area contributed by atoms with E-state index in [-0.39, 0.29) is 5.41 Å². The number of hydrogen-bond acceptors (Lipinski definition) is 1. The second kappa shape index (κ2) is 4.85. The maximum atomic E-state index is 11.4. The highest BCUT2D eigenvalue weighted by Gasteiger charge is 2.32. The van der Waals surface area contributed by atoms with Gasteiger partial charge in [0.15, 0.2) is 0 Å². The fourth-order valence-electron chi connectivity index (χ4n) is 2.70. The molecule has 0 saturated heterocycles. The summed E-state index contributed by atoms with van der Waals surface area (Å²) in [7, 11) is 0. The van der Waals surface area contributed by atoms with Gasteiger partial charge in [-0.15, -0.1) is 0 Å². The first kappa shape index (κ1) is 11.9. The third-order valence-electron chi connectivity index (χ3n) is 3.92. The molecule has 0 radical (unpaired) electrons. The molecule has 94 valence electrons. The van der Waals surface area contributed by atoms with Gasteiger partial charge in [-0.05, 0) is 29.5 Å². The van der Waals surface area contributed by atoms with Gasteiger partial charge in [-0.25, -0.2) is 0 Å². The average Bonchev–Trinajstić information content (AvgIpc) is 2.98. The Morgan fingerprint density at radius 3 is 1.95 bits per heavy atom. The van der Waals surface area contributed by atoms with Crippen LogP contribution in [0.2, 0.25) is 0 Å². The number of allylic oxidation sites excluding steroid dienone is 2. The summed E-state index contributed by atoms with van der Waals surface area (Å²) < 4.78 is 0. The van der Waals surface area contributed by atoms with E-state index in [1.807, 2.05) is 18.2 Å². The lowest BCUT2D eigenvalue weighted by atomic mass is 9.79. The molecule has 0 spiro atoms. The molecule has 0 aliphatic heterocycles. The molecule has 0 N–H and O–H groups in total. The minimum atomic E-state index is -0.324. The predicted molar refractivity (Wildman–Crippen MR) is 78.0 cm³/mol. The Morgan fingerprint density at radius 1 is 0.789 bits per heavy atom. The summed E-state index contributed by atoms with van der Waals surface area (Å²) in [6.45, 7) is 0. The molecule has 0 atom stereocenters. The zero-order valence-electron chi connectivity index (χ0n) is 10.8. The van der Waals surface area contributed by atoms with Crippen LogP contribution < -0.4 is 0 Å². The predicted octanol–water partition coefficient (Wildman–Crippen LogP) is 4.14. The minimum Gasteiger partial charge on any atom is -0.302 e. The molecule has 0 saturated carbocycles. The highest BCUT2D eigenvalue weighted by Crippen LogP contribution is 2.36. The molecule has 3 rings (SSSR count). The van der Waals surface area contributed by atoms with E-state index in [1.54, 1.807) is 0 Å². The third-order valence-corrected chi connectivity index (χ3v) is 3.92. The lowest BCUT2D eigenvalue weighted by Crippen LogP contribution is -2.23. The largest absolute Gasteiger partial charge is 0.302 e. The highest BCUT2D eigenvalue weighted by molar-refractivity contribution is 5.72. The Hall–Kier alpha value is -2.15. The number of carbonyl (C=O) groups is 1. The summed E-state index contributed by atoms with van der Waals surface area (Å²) in [6.07, 6.45) is 6.94. The molecular formula is C18H16O. The number of carbonyl (C=O) groups excluding carboxylic acids is 1. The van der Waals surface area contributed by atoms with E-state index in [4.69, 9.17) is 0 Å². The summed E-state index contributed by atoms with van der Waals surface area (Å²) in [4.78, 5) is 11.4. The van der Waals surface area contributed by atoms with Gasteiger partial charge in [0.2, 0.25) is 0 Å². The van der Waals surface area contributed by atoms with Crippen molar-refractivity contribution < 1.29 is 4.79 Å². The van der Waals surface area contributed by atoms with Crippen molar-refractivity contribution in [3.63, 3.8) is 0 Å². The molecule has 19 heavy (non-hydrogen) atoms. The second-order valence-corrected chi connectivity index (χ2v) is 5.10. The number of rotatable bonds is 3. The molecule has 0 bridgehead atoms. The van der Waals surface area contributed by atoms with Crippen LogP contribution in [0, 0.1) is 0 Å². The fourth-order valence-corrected chi connectivity index (χ4v) is 2.70. The molecule has 0 amide bonds. The van der Waals surface area contributed by atoms with Gasteiger partial charge < -0.3 is 4.79 Å². The van der Waals surface area contributed by atoms with E-state index in [1.165, 1.54) is 11.1 Å². The van der Waals surface area contributed by atoms with Crippen molar-refractivity contribution in [3.8, 4) is 11.1 Å². The van der Waals surface area contributed by atoms with Crippen molar-refractivity contribution in [1.29, 1.82) is 0 Å². The van der Waals surface area contributed by atoms with Crippen LogP contribution in [0.4, 0.5) is 0 Å². The van der Waals surface area contributed by atoms with Crippen molar-refractivity contribution in [2.24, 2.45) is 0 Å². The Bertz CT molecular complexity index is 585. The number of benzene rings is 2. The van der Waals surface area contributed by atoms with Gasteiger partial charge in [-0.1, -0.05) is 66.7 Å². The van der Waals surface area contributed by atoms with Gasteiger partial charge in [-0.3, -0.25) is 0 Å². The van der Waals surface area contributed by atoms with Crippen molar-refractivity contribution in [1.82, 2.24) is 0 Å². The lowest BCUT2D eigenvalue weighted by molar-refractivity contribution is -0.112. The van der Waals surface area contributed by atoms with Crippen molar-refractivity contribution in [2.75, 3.05) is 0 Å². The molecule has 0 fully saturated rings. The third kappa shape index (κ3) is 2.12. The zero-order valence-corrected chi connectivity index (χ0v) is 10.8. The summed E-state index contributed by atoms with van der Waals surface area (Å²) in [6, 6.07) is 18.7. The van der Waals surface area contributed by atoms with Crippen LogP contribution in [0.15, 0.2) is 66.7 Å². The zero-order chi connectivity index (χ0) is 13.1. The SMILES string of the molecule is O=CC1(c2ccc(-c3ccccc3)cc2)CC=CC1. The van der Waals surface area contributed by atoms with Gasteiger partial charge in [-0.2, -0.15) is 0 Å². The van der Waals surface area contributed by atoms with Crippen LogP contribution in [0.25, 0.3) is 11.1 Å². The maximum absolute atomic E-state index is 11.4. The van der Waals surface area contributed by atoms with Crippen LogP contribution in [-0.4, -0.2) is 6.29 Å². The Labute approximate surface area is 113 Å². The van der Waals surface area contributed by atoms with Crippen LogP contribution >= 0.6 is 0 Å². The second-order valence-electron chi connectivity index (χ2n) is 5.10. The Balaban J connectivity index is 1.93. The van der Waals surface area contributed by atoms with Crippen molar-refractivity contribution in [3.05, 3.63) is 72.3 Å². The first-order valence-electron chi connectivity index (χ1n) is 6.61. The smallest absolute Gasteiger partial charge is 0.131 e. The quantitative estimate of drug-likeness (QED) is 0.589. The molecule has 0 unspecified atom stereocenters. The molecule has 1 nitrogen and oxygen atoms in total. The van der Waals surface area contributed by atoms with Crippen LogP contribution in [0.1, 0.15) is 18.4 Å². The summed E-state index contributed by atoms with van der Waals surface area (Å²) >= 11 is 0. The molecule has 0 aromatic heterocycles. The molecule has 2 aromatic rings. The summed E-state index contributed by atoms with van der Waals surface area (Å²) in [5, 5.41) is 0. The van der Waals surface area contributed by atoms with Gasteiger partial charge in [0.05, 0.1) is 5.41 Å². The van der Waals surface area contributed by atoms with Crippen LogP contribution in [0.5, 0.6) is 0 Å². The number of hydrogen-bond donors (Lipinski definition) is 0. The number of aldehydes is 1. The standard InChI is InChI=1S/C18H16O/c19-14-18(12-4-5-13-18)17-10-8-16(9-11-17)15-6-2-1-3-7-15/h1-11,14H,12-13H2. The highest BCUT2D eigenvalue weighted by atomic mass is 16.1. The maximum Gasteiger partial charge on any atom is 0.131 e. The first-order valence-corrected chi connectivity index (χ1v) is 6.61. The molecule has 0 heterocycles. The van der Waals surface area contributed by atoms with Gasteiger partial charge in [0.25, 0.3) is 0 Å². The molecule has 2 aromatic carbocycles. The first-order chi connectivity index (χ1) is 9.34. The van der Waals surface area contributed by atoms with Gasteiger partial charge >= 0.3 is 0 Å².